The molecule has 12 nitrogen and oxygen atoms in total. The number of aromatic hydroxyl groups is 1. The summed E-state index contributed by atoms with van der Waals surface area (Å²) in [7, 11) is 0. The van der Waals surface area contributed by atoms with E-state index in [-0.39, 0.29) is 25.1 Å². The van der Waals surface area contributed by atoms with Crippen LogP contribution in [0.4, 0.5) is 0 Å². The van der Waals surface area contributed by atoms with Crippen LogP contribution in [0.3, 0.4) is 0 Å². The molecule has 4 atom stereocenters. The van der Waals surface area contributed by atoms with Gasteiger partial charge in [-0.05, 0) is 36.1 Å². The Balaban J connectivity index is 1.77. The number of phenols is 1. The summed E-state index contributed by atoms with van der Waals surface area (Å²) < 4.78 is 0. The molecule has 1 aliphatic heterocycles. The van der Waals surface area contributed by atoms with Gasteiger partial charge in [-0.3, -0.25) is 19.2 Å². The number of phenolic OH excluding ortho intramolecular Hbond substituents is 1. The number of carboxylic acids is 2. The minimum atomic E-state index is -1.40. The average Bonchev–Trinajstić information content (AvgIpc) is 3.39. The third-order valence-electron chi connectivity index (χ3n) is 6.46. The van der Waals surface area contributed by atoms with Gasteiger partial charge in [0.1, 0.15) is 23.9 Å². The van der Waals surface area contributed by atoms with Gasteiger partial charge in [0.2, 0.25) is 17.7 Å². The molecule has 0 radical (unpaired) electrons. The molecule has 208 valence electrons. The van der Waals surface area contributed by atoms with E-state index in [1.54, 1.807) is 42.5 Å². The lowest BCUT2D eigenvalue weighted by Crippen LogP contribution is -2.57. The first-order valence-electron chi connectivity index (χ1n) is 12.5. The summed E-state index contributed by atoms with van der Waals surface area (Å²) in [5, 5.41) is 33.2. The Morgan fingerprint density at radius 2 is 1.51 bits per heavy atom. The second kappa shape index (κ2) is 13.4. The van der Waals surface area contributed by atoms with E-state index in [4.69, 9.17) is 10.8 Å². The van der Waals surface area contributed by atoms with Gasteiger partial charge >= 0.3 is 11.9 Å². The number of nitrogens with two attached hydrogens (primary N) is 1. The number of benzene rings is 2. The lowest BCUT2D eigenvalue weighted by atomic mass is 10.0. The van der Waals surface area contributed by atoms with Crippen molar-refractivity contribution in [3.8, 4) is 5.75 Å². The van der Waals surface area contributed by atoms with Crippen molar-refractivity contribution in [1.82, 2.24) is 15.5 Å². The first-order chi connectivity index (χ1) is 18.5. The van der Waals surface area contributed by atoms with Crippen LogP contribution in [0.25, 0.3) is 0 Å². The Bertz CT molecular complexity index is 1190. The number of nitrogens with one attached hydrogen (secondary N) is 2. The number of nitrogens with zero attached hydrogens (tertiary/aromatic N) is 1. The van der Waals surface area contributed by atoms with Gasteiger partial charge in [0.25, 0.3) is 0 Å². The van der Waals surface area contributed by atoms with Crippen molar-refractivity contribution in [2.75, 3.05) is 6.54 Å². The monoisotopic (exact) mass is 540 g/mol. The second-order valence-electron chi connectivity index (χ2n) is 9.41. The van der Waals surface area contributed by atoms with Crippen molar-refractivity contribution in [2.45, 2.75) is 56.3 Å². The number of hydrogen-bond donors (Lipinski definition) is 6. The fourth-order valence-electron chi connectivity index (χ4n) is 4.45. The van der Waals surface area contributed by atoms with Gasteiger partial charge in [0.05, 0.1) is 12.5 Å². The van der Waals surface area contributed by atoms with E-state index in [0.29, 0.717) is 18.4 Å². The maximum atomic E-state index is 13.6. The molecule has 4 unspecified atom stereocenters. The quantitative estimate of drug-likeness (QED) is 0.215. The summed E-state index contributed by atoms with van der Waals surface area (Å²) in [5.41, 5.74) is 7.00. The Hall–Kier alpha value is -4.45. The smallest absolute Gasteiger partial charge is 0.326 e. The highest BCUT2D eigenvalue weighted by Crippen LogP contribution is 2.21. The molecule has 2 aromatic rings. The molecule has 2 aromatic carbocycles. The Labute approximate surface area is 224 Å². The molecular weight excluding hydrogens is 508 g/mol. The highest BCUT2D eigenvalue weighted by atomic mass is 16.4. The molecule has 0 aliphatic carbocycles. The van der Waals surface area contributed by atoms with E-state index in [0.717, 1.165) is 5.56 Å². The Morgan fingerprint density at radius 1 is 0.897 bits per heavy atom. The number of carbonyl (C=O) groups is 5. The van der Waals surface area contributed by atoms with Crippen LogP contribution >= 0.6 is 0 Å². The van der Waals surface area contributed by atoms with Gasteiger partial charge in [0.15, 0.2) is 0 Å². The largest absolute Gasteiger partial charge is 0.508 e. The SMILES string of the molecule is NC(CC(=O)O)C(=O)NC(Cc1ccc(O)cc1)C(=O)N1CCCC1C(=O)NC(Cc1ccccc1)C(=O)O. The lowest BCUT2D eigenvalue weighted by Gasteiger charge is -2.30. The summed E-state index contributed by atoms with van der Waals surface area (Å²) >= 11 is 0. The predicted octanol–water partition coefficient (Wildman–Crippen LogP) is 0.0246. The summed E-state index contributed by atoms with van der Waals surface area (Å²) in [6.45, 7) is 0.205. The highest BCUT2D eigenvalue weighted by Gasteiger charge is 2.39. The van der Waals surface area contributed by atoms with Crippen molar-refractivity contribution in [1.29, 1.82) is 0 Å². The molecule has 1 saturated heterocycles. The summed E-state index contributed by atoms with van der Waals surface area (Å²) in [5.74, 6) is -4.54. The number of aliphatic carboxylic acids is 2. The molecular formula is C27H32N4O8. The van der Waals surface area contributed by atoms with Crippen LogP contribution in [0, 0.1) is 0 Å². The van der Waals surface area contributed by atoms with Crippen molar-refractivity contribution in [2.24, 2.45) is 5.73 Å². The molecule has 7 N–H and O–H groups in total. The fraction of sp³-hybridized carbons (Fsp3) is 0.370. The second-order valence-corrected chi connectivity index (χ2v) is 9.41. The van der Waals surface area contributed by atoms with E-state index in [9.17, 15) is 34.2 Å². The molecule has 0 spiro atoms. The van der Waals surface area contributed by atoms with Crippen molar-refractivity contribution < 1.29 is 39.3 Å². The third-order valence-corrected chi connectivity index (χ3v) is 6.46. The van der Waals surface area contributed by atoms with Crippen molar-refractivity contribution in [3.05, 3.63) is 65.7 Å². The lowest BCUT2D eigenvalue weighted by molar-refractivity contribution is -0.145. The normalized spacial score (nSPS) is 17.1. The standard InChI is InChI=1S/C27H32N4O8/c28-19(15-23(33)34)24(35)29-20(13-17-8-10-18(32)11-9-17)26(37)31-12-4-7-22(31)25(36)30-21(27(38)39)14-16-5-2-1-3-6-16/h1-3,5-6,8-11,19-22,32H,4,7,12-15,28H2,(H,29,35)(H,30,36)(H,33,34)(H,38,39). The predicted molar refractivity (Wildman–Crippen MR) is 138 cm³/mol. The topological polar surface area (TPSA) is 199 Å². The Kier molecular flexibility index (Phi) is 9.98. The molecule has 3 amide bonds. The maximum absolute atomic E-state index is 13.6. The van der Waals surface area contributed by atoms with Gasteiger partial charge in [-0.2, -0.15) is 0 Å². The first-order valence-corrected chi connectivity index (χ1v) is 12.5. The molecule has 1 fully saturated rings. The Morgan fingerprint density at radius 3 is 2.13 bits per heavy atom. The van der Waals surface area contributed by atoms with E-state index >= 15 is 0 Å². The van der Waals surface area contributed by atoms with Crippen LogP contribution in [0.2, 0.25) is 0 Å². The van der Waals surface area contributed by atoms with Gasteiger partial charge in [0, 0.05) is 19.4 Å². The zero-order valence-corrected chi connectivity index (χ0v) is 21.2. The molecule has 0 saturated carbocycles. The van der Waals surface area contributed by atoms with E-state index in [1.807, 2.05) is 0 Å². The van der Waals surface area contributed by atoms with Crippen LogP contribution in [0.15, 0.2) is 54.6 Å². The molecule has 0 aromatic heterocycles. The summed E-state index contributed by atoms with van der Waals surface area (Å²) in [6, 6.07) is 10.0. The maximum Gasteiger partial charge on any atom is 0.326 e. The van der Waals surface area contributed by atoms with E-state index in [1.165, 1.54) is 17.0 Å². The summed E-state index contributed by atoms with van der Waals surface area (Å²) in [6.07, 6.45) is 0.190. The van der Waals surface area contributed by atoms with E-state index < -0.39 is 60.2 Å². The molecule has 39 heavy (non-hydrogen) atoms. The van der Waals surface area contributed by atoms with Gasteiger partial charge in [-0.1, -0.05) is 42.5 Å². The van der Waals surface area contributed by atoms with E-state index in [2.05, 4.69) is 10.6 Å². The number of likely N-dealkylation sites (tertiary alicyclic amines) is 1. The highest BCUT2D eigenvalue weighted by molar-refractivity contribution is 5.95. The molecule has 1 aliphatic rings. The zero-order chi connectivity index (χ0) is 28.5. The number of rotatable bonds is 12. The van der Waals surface area contributed by atoms with Crippen LogP contribution in [0.5, 0.6) is 5.75 Å². The molecule has 3 rings (SSSR count). The number of carboxylic acid groups (broad SMARTS) is 2. The minimum Gasteiger partial charge on any atom is -0.508 e. The number of amides is 3. The van der Waals surface area contributed by atoms with Crippen molar-refractivity contribution >= 4 is 29.7 Å². The van der Waals surface area contributed by atoms with Crippen molar-refractivity contribution in [3.63, 3.8) is 0 Å². The van der Waals surface area contributed by atoms with Gasteiger partial charge in [-0.25, -0.2) is 4.79 Å². The summed E-state index contributed by atoms with van der Waals surface area (Å²) in [4.78, 5) is 63.5. The minimum absolute atomic E-state index is 0.00825. The van der Waals surface area contributed by atoms with Gasteiger partial charge < -0.3 is 36.6 Å². The fourth-order valence-corrected chi connectivity index (χ4v) is 4.45. The molecule has 1 heterocycles. The van der Waals surface area contributed by atoms with Gasteiger partial charge in [-0.15, -0.1) is 0 Å². The van der Waals surface area contributed by atoms with Crippen LogP contribution in [-0.4, -0.2) is 80.6 Å². The first kappa shape index (κ1) is 29.1. The number of hydrogen-bond acceptors (Lipinski definition) is 7. The van der Waals surface area contributed by atoms with Crippen LogP contribution in [0.1, 0.15) is 30.4 Å². The van der Waals surface area contributed by atoms with Crippen LogP contribution in [-0.2, 0) is 36.8 Å². The zero-order valence-electron chi connectivity index (χ0n) is 21.2. The molecule has 12 heteroatoms. The average molecular weight is 541 g/mol. The molecule has 0 bridgehead atoms. The third kappa shape index (κ3) is 8.27. The van der Waals surface area contributed by atoms with Crippen LogP contribution < -0.4 is 16.4 Å². The number of carbonyl (C=O) groups excluding carboxylic acids is 3.